The van der Waals surface area contributed by atoms with Crippen LogP contribution in [0, 0.1) is 10.1 Å². The van der Waals surface area contributed by atoms with Crippen LogP contribution in [-0.4, -0.2) is 23.1 Å². The fourth-order valence-corrected chi connectivity index (χ4v) is 1.23. The maximum absolute atomic E-state index is 11.2. The highest BCUT2D eigenvalue weighted by Gasteiger charge is 2.02. The number of carbonyl (C=O) groups excluding carboxylic acids is 1. The second-order valence-electron chi connectivity index (χ2n) is 3.20. The molecule has 0 heterocycles. The van der Waals surface area contributed by atoms with E-state index in [-0.39, 0.29) is 11.6 Å². The lowest BCUT2D eigenvalue weighted by Crippen LogP contribution is -2.22. The van der Waals surface area contributed by atoms with Crippen LogP contribution in [0.4, 0.5) is 5.69 Å². The highest BCUT2D eigenvalue weighted by atomic mass is 32.1. The van der Waals surface area contributed by atoms with Gasteiger partial charge in [-0.15, -0.1) is 0 Å². The molecular weight excluding hydrogens is 240 g/mol. The predicted octanol–water partition coefficient (Wildman–Crippen LogP) is 1.65. The van der Waals surface area contributed by atoms with Crippen LogP contribution in [0.2, 0.25) is 0 Å². The van der Waals surface area contributed by atoms with Crippen molar-refractivity contribution >= 4 is 30.3 Å². The summed E-state index contributed by atoms with van der Waals surface area (Å²) in [6, 6.07) is 5.96. The van der Waals surface area contributed by atoms with E-state index in [0.717, 1.165) is 5.56 Å². The molecule has 0 atom stereocenters. The molecule has 0 fully saturated rings. The summed E-state index contributed by atoms with van der Waals surface area (Å²) >= 11 is 3.96. The van der Waals surface area contributed by atoms with Crippen LogP contribution >= 0.6 is 12.6 Å². The number of thiol groups is 1. The van der Waals surface area contributed by atoms with Crippen molar-refractivity contribution in [3.8, 4) is 0 Å². The Morgan fingerprint density at radius 1 is 1.41 bits per heavy atom. The molecule has 90 valence electrons. The van der Waals surface area contributed by atoms with Crippen LogP contribution in [0.15, 0.2) is 30.3 Å². The zero-order chi connectivity index (χ0) is 12.7. The summed E-state index contributed by atoms with van der Waals surface area (Å²) < 4.78 is 0. The molecule has 17 heavy (non-hydrogen) atoms. The third-order valence-corrected chi connectivity index (χ3v) is 2.17. The minimum atomic E-state index is -0.465. The van der Waals surface area contributed by atoms with E-state index < -0.39 is 4.92 Å². The van der Waals surface area contributed by atoms with Crippen molar-refractivity contribution in [3.05, 3.63) is 46.0 Å². The summed E-state index contributed by atoms with van der Waals surface area (Å²) in [5, 5.41) is 13.0. The fourth-order valence-electron chi connectivity index (χ4n) is 1.12. The average molecular weight is 252 g/mol. The maximum atomic E-state index is 11.2. The van der Waals surface area contributed by atoms with Crippen LogP contribution in [0.3, 0.4) is 0 Å². The van der Waals surface area contributed by atoms with Crippen molar-refractivity contribution in [2.24, 2.45) is 0 Å². The number of nitrogens with one attached hydrogen (secondary N) is 1. The zero-order valence-electron chi connectivity index (χ0n) is 9.00. The lowest BCUT2D eigenvalue weighted by Gasteiger charge is -1.97. The van der Waals surface area contributed by atoms with Gasteiger partial charge in [0.25, 0.3) is 5.69 Å². The lowest BCUT2D eigenvalue weighted by molar-refractivity contribution is -0.384. The Morgan fingerprint density at radius 2 is 2.06 bits per heavy atom. The number of nitrogens with zero attached hydrogens (tertiary/aromatic N) is 1. The predicted molar refractivity (Wildman–Crippen MR) is 69.0 cm³/mol. The van der Waals surface area contributed by atoms with E-state index in [4.69, 9.17) is 0 Å². The first-order valence-corrected chi connectivity index (χ1v) is 5.58. The van der Waals surface area contributed by atoms with Crippen molar-refractivity contribution in [3.63, 3.8) is 0 Å². The molecule has 0 bridgehead atoms. The smallest absolute Gasteiger partial charge is 0.269 e. The number of benzene rings is 1. The molecule has 1 rings (SSSR count). The molecule has 0 aliphatic rings. The molecule has 0 saturated heterocycles. The zero-order valence-corrected chi connectivity index (χ0v) is 9.89. The maximum Gasteiger partial charge on any atom is 0.269 e. The number of rotatable bonds is 5. The quantitative estimate of drug-likeness (QED) is 0.362. The molecule has 1 aromatic carbocycles. The molecule has 1 amide bonds. The topological polar surface area (TPSA) is 72.2 Å². The Balaban J connectivity index is 2.59. The number of nitro groups is 1. The summed E-state index contributed by atoms with van der Waals surface area (Å²) in [5.74, 6) is 0.370. The largest absolute Gasteiger partial charge is 0.352 e. The first-order chi connectivity index (χ1) is 8.13. The van der Waals surface area contributed by atoms with Gasteiger partial charge in [0.1, 0.15) is 0 Å². The third-order valence-electron chi connectivity index (χ3n) is 1.94. The van der Waals surface area contributed by atoms with Gasteiger partial charge in [0.2, 0.25) is 5.91 Å². The van der Waals surface area contributed by atoms with Gasteiger partial charge in [-0.1, -0.05) is 0 Å². The molecule has 6 heteroatoms. The molecule has 0 saturated carbocycles. The summed E-state index contributed by atoms with van der Waals surface area (Å²) in [6.45, 7) is 0.506. The normalized spacial score (nSPS) is 10.4. The first kappa shape index (κ1) is 13.2. The molecule has 0 radical (unpaired) electrons. The van der Waals surface area contributed by atoms with E-state index in [1.165, 1.54) is 18.2 Å². The van der Waals surface area contributed by atoms with Gasteiger partial charge < -0.3 is 5.32 Å². The fraction of sp³-hybridized carbons (Fsp3) is 0.182. The van der Waals surface area contributed by atoms with E-state index in [1.807, 2.05) is 0 Å². The van der Waals surface area contributed by atoms with Gasteiger partial charge in [0.05, 0.1) is 4.92 Å². The molecule has 0 aliphatic heterocycles. The standard InChI is InChI=1S/C11H12N2O3S/c14-11(12-7-8-17)6-3-9-1-4-10(5-2-9)13(15)16/h1-6,17H,7-8H2,(H,12,14). The monoisotopic (exact) mass is 252 g/mol. The van der Waals surface area contributed by atoms with Crippen molar-refractivity contribution in [2.75, 3.05) is 12.3 Å². The van der Waals surface area contributed by atoms with Crippen LogP contribution < -0.4 is 5.32 Å². The number of non-ortho nitro benzene ring substituents is 1. The number of carbonyl (C=O) groups is 1. The Morgan fingerprint density at radius 3 is 2.59 bits per heavy atom. The van der Waals surface area contributed by atoms with Gasteiger partial charge in [0, 0.05) is 30.5 Å². The Labute approximate surface area is 104 Å². The molecule has 0 aromatic heterocycles. The minimum absolute atomic E-state index is 0.0293. The lowest BCUT2D eigenvalue weighted by atomic mass is 10.2. The van der Waals surface area contributed by atoms with Crippen molar-refractivity contribution < 1.29 is 9.72 Å². The number of nitro benzene ring substituents is 1. The second-order valence-corrected chi connectivity index (χ2v) is 3.64. The van der Waals surface area contributed by atoms with Gasteiger partial charge in [0.15, 0.2) is 0 Å². The van der Waals surface area contributed by atoms with E-state index >= 15 is 0 Å². The van der Waals surface area contributed by atoms with Crippen LogP contribution in [-0.2, 0) is 4.79 Å². The molecule has 0 unspecified atom stereocenters. The molecule has 1 aromatic rings. The number of amides is 1. The van der Waals surface area contributed by atoms with Gasteiger partial charge in [-0.2, -0.15) is 12.6 Å². The third kappa shape index (κ3) is 4.69. The van der Waals surface area contributed by atoms with E-state index in [0.29, 0.717) is 12.3 Å². The number of hydrogen-bond acceptors (Lipinski definition) is 4. The summed E-state index contributed by atoms with van der Waals surface area (Å²) in [5.41, 5.74) is 0.762. The molecule has 5 nitrogen and oxygen atoms in total. The Bertz CT molecular complexity index is 429. The molecular formula is C11H12N2O3S. The highest BCUT2D eigenvalue weighted by molar-refractivity contribution is 7.80. The van der Waals surface area contributed by atoms with Crippen molar-refractivity contribution in [1.29, 1.82) is 0 Å². The summed E-state index contributed by atoms with van der Waals surface area (Å²) in [7, 11) is 0. The van der Waals surface area contributed by atoms with Gasteiger partial charge in [-0.05, 0) is 23.8 Å². The summed E-state index contributed by atoms with van der Waals surface area (Å²) in [6.07, 6.45) is 2.97. The van der Waals surface area contributed by atoms with Gasteiger partial charge >= 0.3 is 0 Å². The van der Waals surface area contributed by atoms with Crippen molar-refractivity contribution in [2.45, 2.75) is 0 Å². The van der Waals surface area contributed by atoms with E-state index in [2.05, 4.69) is 17.9 Å². The van der Waals surface area contributed by atoms with Gasteiger partial charge in [-0.3, -0.25) is 14.9 Å². The first-order valence-electron chi connectivity index (χ1n) is 4.94. The molecule has 1 N–H and O–H groups in total. The molecule has 0 spiro atoms. The van der Waals surface area contributed by atoms with E-state index in [9.17, 15) is 14.9 Å². The number of hydrogen-bond donors (Lipinski definition) is 2. The molecule has 0 aliphatic carbocycles. The second kappa shape index (κ2) is 6.70. The average Bonchev–Trinajstić information content (AvgIpc) is 2.34. The van der Waals surface area contributed by atoms with Crippen LogP contribution in [0.1, 0.15) is 5.56 Å². The highest BCUT2D eigenvalue weighted by Crippen LogP contribution is 2.12. The minimum Gasteiger partial charge on any atom is -0.352 e. The van der Waals surface area contributed by atoms with E-state index in [1.54, 1.807) is 18.2 Å². The van der Waals surface area contributed by atoms with Crippen LogP contribution in [0.5, 0.6) is 0 Å². The van der Waals surface area contributed by atoms with Gasteiger partial charge in [-0.25, -0.2) is 0 Å². The van der Waals surface area contributed by atoms with Crippen LogP contribution in [0.25, 0.3) is 6.08 Å². The SMILES string of the molecule is O=C(C=Cc1ccc([N+](=O)[O-])cc1)NCCS. The Kier molecular flexibility index (Phi) is 5.22. The summed E-state index contributed by atoms with van der Waals surface area (Å²) in [4.78, 5) is 21.2. The van der Waals surface area contributed by atoms with Crippen molar-refractivity contribution in [1.82, 2.24) is 5.32 Å². The Hall–Kier alpha value is -1.82.